The molecular formula is C20H15ClF3N7O4. The molecule has 0 spiro atoms. The lowest BCUT2D eigenvalue weighted by molar-refractivity contribution is -0.207. The van der Waals surface area contributed by atoms with Gasteiger partial charge < -0.3 is 10.2 Å². The molecule has 0 amide bonds. The fraction of sp³-hybridized carbons (Fsp3) is 0.200. The Bertz CT molecular complexity index is 1430. The molecule has 0 aliphatic heterocycles. The summed E-state index contributed by atoms with van der Waals surface area (Å²) in [4.78, 5) is 32.3. The van der Waals surface area contributed by atoms with Gasteiger partial charge in [0, 0.05) is 16.8 Å². The number of carbonyl (C=O) groups is 1. The average molecular weight is 510 g/mol. The number of aliphatic hydroxyl groups excluding tert-OH is 1. The van der Waals surface area contributed by atoms with Gasteiger partial charge in [0.15, 0.2) is 17.8 Å². The molecule has 0 saturated carbocycles. The summed E-state index contributed by atoms with van der Waals surface area (Å²) >= 11 is 5.87. The second-order valence-corrected chi connectivity index (χ2v) is 7.68. The number of pyridine rings is 1. The molecule has 0 aliphatic rings. The van der Waals surface area contributed by atoms with Crippen LogP contribution in [0.1, 0.15) is 16.2 Å². The largest absolute Gasteiger partial charge is 0.478 e. The summed E-state index contributed by atoms with van der Waals surface area (Å²) in [5, 5.41) is 27.5. The Morgan fingerprint density at radius 3 is 2.51 bits per heavy atom. The van der Waals surface area contributed by atoms with Crippen LogP contribution in [0.4, 0.5) is 13.2 Å². The fourth-order valence-corrected chi connectivity index (χ4v) is 3.29. The van der Waals surface area contributed by atoms with Crippen LogP contribution in [0.25, 0.3) is 17.1 Å². The summed E-state index contributed by atoms with van der Waals surface area (Å²) in [5.41, 5.74) is -0.627. The minimum Gasteiger partial charge on any atom is -0.478 e. The highest BCUT2D eigenvalue weighted by molar-refractivity contribution is 6.30. The Labute approximate surface area is 198 Å². The zero-order valence-corrected chi connectivity index (χ0v) is 18.2. The van der Waals surface area contributed by atoms with Crippen molar-refractivity contribution in [3.63, 3.8) is 0 Å². The van der Waals surface area contributed by atoms with Gasteiger partial charge in [0.1, 0.15) is 12.9 Å². The highest BCUT2D eigenvalue weighted by Gasteiger charge is 2.39. The first-order chi connectivity index (χ1) is 16.5. The number of halogens is 4. The highest BCUT2D eigenvalue weighted by Crippen LogP contribution is 2.24. The molecule has 1 unspecified atom stereocenters. The molecule has 0 saturated heterocycles. The van der Waals surface area contributed by atoms with E-state index in [9.17, 15) is 33.0 Å². The summed E-state index contributed by atoms with van der Waals surface area (Å²) in [6, 6.07) is 7.15. The molecule has 0 aliphatic carbocycles. The summed E-state index contributed by atoms with van der Waals surface area (Å²) in [6.45, 7) is -1.43. The van der Waals surface area contributed by atoms with Crippen molar-refractivity contribution in [2.75, 3.05) is 0 Å². The van der Waals surface area contributed by atoms with Gasteiger partial charge in [0.05, 0.1) is 24.0 Å². The molecular weight excluding hydrogens is 495 g/mol. The molecule has 11 nitrogen and oxygen atoms in total. The number of aromatic carboxylic acids is 1. The fourth-order valence-electron chi connectivity index (χ4n) is 3.17. The minimum atomic E-state index is -4.95. The number of nitrogens with zero attached hydrogens (tertiary/aromatic N) is 7. The van der Waals surface area contributed by atoms with Crippen molar-refractivity contribution in [1.29, 1.82) is 0 Å². The van der Waals surface area contributed by atoms with Crippen LogP contribution in [0, 0.1) is 0 Å². The molecule has 1 atom stereocenters. The number of hydrogen-bond acceptors (Lipinski definition) is 7. The normalized spacial score (nSPS) is 12.6. The Balaban J connectivity index is 1.71. The van der Waals surface area contributed by atoms with E-state index in [1.165, 1.54) is 49.1 Å². The molecule has 2 N–H and O–H groups in total. The van der Waals surface area contributed by atoms with Gasteiger partial charge in [-0.1, -0.05) is 11.6 Å². The topological polar surface area (TPSA) is 141 Å². The van der Waals surface area contributed by atoms with E-state index >= 15 is 0 Å². The molecule has 3 heterocycles. The van der Waals surface area contributed by atoms with Gasteiger partial charge in [-0.3, -0.25) is 9.55 Å². The Hall–Kier alpha value is -4.04. The van der Waals surface area contributed by atoms with Gasteiger partial charge in [-0.25, -0.2) is 23.9 Å². The number of carboxylic acid groups (broad SMARTS) is 1. The molecule has 35 heavy (non-hydrogen) atoms. The maximum atomic E-state index is 13.0. The molecule has 4 aromatic rings. The van der Waals surface area contributed by atoms with Crippen LogP contribution in [0.2, 0.25) is 5.02 Å². The lowest BCUT2D eigenvalue weighted by atomic mass is 10.2. The number of carboxylic acids is 1. The van der Waals surface area contributed by atoms with Crippen LogP contribution in [0.15, 0.2) is 53.8 Å². The molecule has 15 heteroatoms. The first-order valence-electron chi connectivity index (χ1n) is 9.81. The van der Waals surface area contributed by atoms with Crippen LogP contribution < -0.4 is 5.69 Å². The van der Waals surface area contributed by atoms with Crippen LogP contribution in [-0.2, 0) is 13.1 Å². The Morgan fingerprint density at radius 1 is 1.14 bits per heavy atom. The molecule has 3 aromatic heterocycles. The lowest BCUT2D eigenvalue weighted by Crippen LogP contribution is -2.37. The second kappa shape index (κ2) is 9.31. The van der Waals surface area contributed by atoms with Gasteiger partial charge in [-0.2, -0.15) is 13.2 Å². The van der Waals surface area contributed by atoms with E-state index in [-0.39, 0.29) is 29.4 Å². The maximum Gasteiger partial charge on any atom is 0.416 e. The number of benzene rings is 1. The smallest absolute Gasteiger partial charge is 0.416 e. The number of alkyl halides is 3. The van der Waals surface area contributed by atoms with E-state index in [2.05, 4.69) is 20.2 Å². The third-order valence-electron chi connectivity index (χ3n) is 4.87. The number of rotatable bonds is 7. The quantitative estimate of drug-likeness (QED) is 0.385. The van der Waals surface area contributed by atoms with Crippen LogP contribution in [-0.4, -0.2) is 62.6 Å². The molecule has 1 aromatic carbocycles. The Kier molecular flexibility index (Phi) is 6.41. The predicted molar refractivity (Wildman–Crippen MR) is 114 cm³/mol. The predicted octanol–water partition coefficient (Wildman–Crippen LogP) is 2.01. The summed E-state index contributed by atoms with van der Waals surface area (Å²) in [6.07, 6.45) is -4.00. The summed E-state index contributed by atoms with van der Waals surface area (Å²) in [5.74, 6) is -1.32. The monoisotopic (exact) mass is 509 g/mol. The molecule has 0 radical (unpaired) electrons. The van der Waals surface area contributed by atoms with Gasteiger partial charge >= 0.3 is 17.8 Å². The van der Waals surface area contributed by atoms with E-state index in [0.717, 1.165) is 9.36 Å². The van der Waals surface area contributed by atoms with E-state index in [0.29, 0.717) is 15.2 Å². The lowest BCUT2D eigenvalue weighted by Gasteiger charge is -2.15. The van der Waals surface area contributed by atoms with Gasteiger partial charge in [-0.05, 0) is 30.3 Å². The number of aliphatic hydroxyl groups is 1. The number of aromatic nitrogens is 7. The molecule has 0 fully saturated rings. The van der Waals surface area contributed by atoms with Crippen LogP contribution in [0.5, 0.6) is 0 Å². The average Bonchev–Trinajstić information content (AvgIpc) is 3.39. The standard InChI is InChI=1S/C20H15ClF3N7O4/c21-12-3-1-11(2-4-12)17-28-30(19(35)29(17)8-15(32)20(22,23)24)9-16-26-10-31(27-16)14-7-25-6-5-13(14)18(33)34/h1-7,10,15,32H,8-9H2,(H,33,34). The molecule has 0 bridgehead atoms. The van der Waals surface area contributed by atoms with Crippen molar-refractivity contribution in [2.45, 2.75) is 25.4 Å². The van der Waals surface area contributed by atoms with E-state index in [1.807, 2.05) is 0 Å². The van der Waals surface area contributed by atoms with Crippen molar-refractivity contribution >= 4 is 17.6 Å². The first-order valence-corrected chi connectivity index (χ1v) is 10.2. The SMILES string of the molecule is O=C(O)c1ccncc1-n1cnc(Cn2nc(-c3ccc(Cl)cc3)n(CC(O)C(F)(F)F)c2=O)n1. The van der Waals surface area contributed by atoms with Crippen molar-refractivity contribution < 1.29 is 28.2 Å². The highest BCUT2D eigenvalue weighted by atomic mass is 35.5. The van der Waals surface area contributed by atoms with Gasteiger partial charge in [0.25, 0.3) is 0 Å². The maximum absolute atomic E-state index is 13.0. The first kappa shape index (κ1) is 24.1. The van der Waals surface area contributed by atoms with E-state index < -0.39 is 30.5 Å². The van der Waals surface area contributed by atoms with Gasteiger partial charge in [0.2, 0.25) is 0 Å². The summed E-state index contributed by atoms with van der Waals surface area (Å²) in [7, 11) is 0. The van der Waals surface area contributed by atoms with Crippen molar-refractivity contribution in [3.8, 4) is 17.1 Å². The Morgan fingerprint density at radius 2 is 1.86 bits per heavy atom. The third kappa shape index (κ3) is 5.07. The van der Waals surface area contributed by atoms with Crippen LogP contribution >= 0.6 is 11.6 Å². The minimum absolute atomic E-state index is 0.0240. The van der Waals surface area contributed by atoms with E-state index in [1.54, 1.807) is 0 Å². The molecule has 182 valence electrons. The van der Waals surface area contributed by atoms with Crippen molar-refractivity contribution in [2.24, 2.45) is 0 Å². The molecule has 4 rings (SSSR count). The second-order valence-electron chi connectivity index (χ2n) is 7.24. The van der Waals surface area contributed by atoms with Crippen molar-refractivity contribution in [1.82, 2.24) is 34.1 Å². The van der Waals surface area contributed by atoms with E-state index in [4.69, 9.17) is 11.6 Å². The van der Waals surface area contributed by atoms with Crippen molar-refractivity contribution in [3.05, 3.63) is 75.9 Å². The zero-order valence-electron chi connectivity index (χ0n) is 17.5. The number of hydrogen-bond donors (Lipinski definition) is 2. The van der Waals surface area contributed by atoms with Crippen LogP contribution in [0.3, 0.4) is 0 Å². The van der Waals surface area contributed by atoms with Gasteiger partial charge in [-0.15, -0.1) is 10.2 Å². The summed E-state index contributed by atoms with van der Waals surface area (Å²) < 4.78 is 41.6. The third-order valence-corrected chi connectivity index (χ3v) is 5.12. The zero-order chi connectivity index (χ0) is 25.3.